The standard InChI is InChI=1S/C27H29N3O2/c1-2-16-29-17-18-30(26(31)24-12-14-28-15-13-24)20-25(27(29)32)19-21-8-10-23(11-9-21)22-6-4-3-5-7-22/h3-15,25H,2,16-20H2,1H3. The van der Waals surface area contributed by atoms with E-state index in [0.29, 0.717) is 31.6 Å². The Balaban J connectivity index is 1.53. The van der Waals surface area contributed by atoms with E-state index in [1.165, 1.54) is 5.56 Å². The topological polar surface area (TPSA) is 53.5 Å². The Labute approximate surface area is 189 Å². The van der Waals surface area contributed by atoms with E-state index >= 15 is 0 Å². The molecular weight excluding hydrogens is 398 g/mol. The van der Waals surface area contributed by atoms with Crippen molar-refractivity contribution in [3.8, 4) is 11.1 Å². The van der Waals surface area contributed by atoms with Crippen LogP contribution in [0, 0.1) is 5.92 Å². The first-order chi connectivity index (χ1) is 15.7. The third kappa shape index (κ3) is 5.05. The van der Waals surface area contributed by atoms with E-state index < -0.39 is 0 Å². The van der Waals surface area contributed by atoms with Gasteiger partial charge in [-0.1, -0.05) is 61.5 Å². The molecule has 1 aliphatic heterocycles. The fourth-order valence-corrected chi connectivity index (χ4v) is 4.30. The summed E-state index contributed by atoms with van der Waals surface area (Å²) in [5.74, 6) is -0.149. The quantitative estimate of drug-likeness (QED) is 0.589. The minimum atomic E-state index is -0.252. The summed E-state index contributed by atoms with van der Waals surface area (Å²) in [6.45, 7) is 4.36. The number of amides is 2. The Morgan fingerprint density at radius 2 is 1.62 bits per heavy atom. The molecule has 1 unspecified atom stereocenters. The van der Waals surface area contributed by atoms with Crippen LogP contribution in [0.5, 0.6) is 0 Å². The summed E-state index contributed by atoms with van der Waals surface area (Å²) in [6, 6.07) is 22.1. The molecule has 1 fully saturated rings. The van der Waals surface area contributed by atoms with E-state index in [4.69, 9.17) is 0 Å². The van der Waals surface area contributed by atoms with Crippen LogP contribution >= 0.6 is 0 Å². The molecule has 32 heavy (non-hydrogen) atoms. The highest BCUT2D eigenvalue weighted by Gasteiger charge is 2.32. The van der Waals surface area contributed by atoms with Gasteiger partial charge >= 0.3 is 0 Å². The molecule has 1 atom stereocenters. The van der Waals surface area contributed by atoms with Crippen LogP contribution in [0.25, 0.3) is 11.1 Å². The lowest BCUT2D eigenvalue weighted by Gasteiger charge is -2.24. The van der Waals surface area contributed by atoms with Gasteiger partial charge in [-0.3, -0.25) is 14.6 Å². The summed E-state index contributed by atoms with van der Waals surface area (Å²) in [7, 11) is 0. The fraction of sp³-hybridized carbons (Fsp3) is 0.296. The van der Waals surface area contributed by atoms with Crippen molar-refractivity contribution in [3.63, 3.8) is 0 Å². The lowest BCUT2D eigenvalue weighted by Crippen LogP contribution is -2.38. The Morgan fingerprint density at radius 3 is 2.31 bits per heavy atom. The molecule has 3 aromatic rings. The van der Waals surface area contributed by atoms with Crippen LogP contribution in [-0.4, -0.2) is 52.8 Å². The summed E-state index contributed by atoms with van der Waals surface area (Å²) in [4.78, 5) is 34.2. The molecule has 0 aliphatic carbocycles. The first-order valence-corrected chi connectivity index (χ1v) is 11.3. The summed E-state index contributed by atoms with van der Waals surface area (Å²) < 4.78 is 0. The monoisotopic (exact) mass is 427 g/mol. The number of aromatic nitrogens is 1. The fourth-order valence-electron chi connectivity index (χ4n) is 4.30. The van der Waals surface area contributed by atoms with Crippen molar-refractivity contribution in [1.29, 1.82) is 0 Å². The van der Waals surface area contributed by atoms with Crippen molar-refractivity contribution in [2.75, 3.05) is 26.2 Å². The second-order valence-corrected chi connectivity index (χ2v) is 8.28. The smallest absolute Gasteiger partial charge is 0.254 e. The van der Waals surface area contributed by atoms with Gasteiger partial charge in [0.15, 0.2) is 0 Å². The maximum absolute atomic E-state index is 13.3. The Hall–Kier alpha value is -3.47. The van der Waals surface area contributed by atoms with Gasteiger partial charge in [0.2, 0.25) is 5.91 Å². The summed E-state index contributed by atoms with van der Waals surface area (Å²) in [5.41, 5.74) is 4.05. The molecule has 164 valence electrons. The predicted octanol–water partition coefficient (Wildman–Crippen LogP) is 4.30. The van der Waals surface area contributed by atoms with Crippen LogP contribution in [-0.2, 0) is 11.2 Å². The summed E-state index contributed by atoms with van der Waals surface area (Å²) in [6.07, 6.45) is 4.79. The molecule has 5 nitrogen and oxygen atoms in total. The molecule has 4 rings (SSSR count). The van der Waals surface area contributed by atoms with Crippen LogP contribution < -0.4 is 0 Å². The number of pyridine rings is 1. The van der Waals surface area contributed by atoms with E-state index in [0.717, 1.165) is 24.1 Å². The third-order valence-electron chi connectivity index (χ3n) is 5.99. The third-order valence-corrected chi connectivity index (χ3v) is 5.99. The minimum Gasteiger partial charge on any atom is -0.341 e. The van der Waals surface area contributed by atoms with Crippen LogP contribution in [0.3, 0.4) is 0 Å². The van der Waals surface area contributed by atoms with Crippen molar-refractivity contribution in [3.05, 3.63) is 90.3 Å². The molecule has 2 aromatic carbocycles. The molecule has 1 saturated heterocycles. The van der Waals surface area contributed by atoms with Crippen molar-refractivity contribution >= 4 is 11.8 Å². The molecule has 1 aromatic heterocycles. The Morgan fingerprint density at radius 1 is 0.938 bits per heavy atom. The van der Waals surface area contributed by atoms with Crippen molar-refractivity contribution in [2.24, 2.45) is 5.92 Å². The number of carbonyl (C=O) groups excluding carboxylic acids is 2. The second-order valence-electron chi connectivity index (χ2n) is 8.28. The molecular formula is C27H29N3O2. The number of rotatable bonds is 6. The maximum Gasteiger partial charge on any atom is 0.254 e. The van der Waals surface area contributed by atoms with Gasteiger partial charge in [0.25, 0.3) is 5.91 Å². The lowest BCUT2D eigenvalue weighted by atomic mass is 9.95. The first kappa shape index (κ1) is 21.8. The van der Waals surface area contributed by atoms with Crippen molar-refractivity contribution in [1.82, 2.24) is 14.8 Å². The van der Waals surface area contributed by atoms with Gasteiger partial charge in [0.1, 0.15) is 0 Å². The molecule has 0 saturated carbocycles. The van der Waals surface area contributed by atoms with Crippen LogP contribution in [0.4, 0.5) is 0 Å². The van der Waals surface area contributed by atoms with Crippen molar-refractivity contribution in [2.45, 2.75) is 19.8 Å². The van der Waals surface area contributed by atoms with Crippen LogP contribution in [0.1, 0.15) is 29.3 Å². The molecule has 0 bridgehead atoms. The normalized spacial score (nSPS) is 16.7. The lowest BCUT2D eigenvalue weighted by molar-refractivity contribution is -0.134. The molecule has 2 heterocycles. The van der Waals surface area contributed by atoms with Gasteiger partial charge in [-0.2, -0.15) is 0 Å². The Bertz CT molecular complexity index is 1040. The molecule has 5 heteroatoms. The van der Waals surface area contributed by atoms with Gasteiger partial charge in [-0.25, -0.2) is 0 Å². The zero-order valence-corrected chi connectivity index (χ0v) is 18.5. The zero-order valence-electron chi connectivity index (χ0n) is 18.5. The number of hydrogen-bond donors (Lipinski definition) is 0. The molecule has 0 radical (unpaired) electrons. The number of carbonyl (C=O) groups is 2. The molecule has 0 N–H and O–H groups in total. The minimum absolute atomic E-state index is 0.0389. The van der Waals surface area contributed by atoms with Gasteiger partial charge in [-0.05, 0) is 41.7 Å². The molecule has 0 spiro atoms. The van der Waals surface area contributed by atoms with Gasteiger partial charge < -0.3 is 9.80 Å². The highest BCUT2D eigenvalue weighted by Crippen LogP contribution is 2.23. The van der Waals surface area contributed by atoms with Gasteiger partial charge in [0.05, 0.1) is 5.92 Å². The zero-order chi connectivity index (χ0) is 22.3. The highest BCUT2D eigenvalue weighted by molar-refractivity contribution is 5.94. The van der Waals surface area contributed by atoms with E-state index in [1.807, 2.05) is 28.0 Å². The summed E-state index contributed by atoms with van der Waals surface area (Å²) >= 11 is 0. The Kier molecular flexibility index (Phi) is 6.95. The number of hydrogen-bond acceptors (Lipinski definition) is 3. The summed E-state index contributed by atoms with van der Waals surface area (Å²) in [5, 5.41) is 0. The van der Waals surface area contributed by atoms with Gasteiger partial charge in [0, 0.05) is 44.1 Å². The van der Waals surface area contributed by atoms with Crippen molar-refractivity contribution < 1.29 is 9.59 Å². The van der Waals surface area contributed by atoms with E-state index in [-0.39, 0.29) is 17.7 Å². The second kappa shape index (κ2) is 10.2. The van der Waals surface area contributed by atoms with E-state index in [9.17, 15) is 9.59 Å². The number of nitrogens with zero attached hydrogens (tertiary/aromatic N) is 3. The van der Waals surface area contributed by atoms with Gasteiger partial charge in [-0.15, -0.1) is 0 Å². The average Bonchev–Trinajstić information content (AvgIpc) is 3.00. The van der Waals surface area contributed by atoms with Crippen LogP contribution in [0.15, 0.2) is 79.1 Å². The molecule has 1 aliphatic rings. The average molecular weight is 428 g/mol. The first-order valence-electron chi connectivity index (χ1n) is 11.3. The highest BCUT2D eigenvalue weighted by atomic mass is 16.2. The van der Waals surface area contributed by atoms with E-state index in [1.54, 1.807) is 24.5 Å². The predicted molar refractivity (Wildman–Crippen MR) is 126 cm³/mol. The van der Waals surface area contributed by atoms with Crippen LogP contribution in [0.2, 0.25) is 0 Å². The number of benzene rings is 2. The maximum atomic E-state index is 13.3. The SMILES string of the molecule is CCCN1CCN(C(=O)c2ccncc2)CC(Cc2ccc(-c3ccccc3)cc2)C1=O. The molecule has 2 amide bonds. The van der Waals surface area contributed by atoms with E-state index in [2.05, 4.69) is 48.3 Å². The largest absolute Gasteiger partial charge is 0.341 e.